The summed E-state index contributed by atoms with van der Waals surface area (Å²) >= 11 is 0. The maximum Gasteiger partial charge on any atom is 0.321 e. The standard InChI is InChI=1S/C12H13N3O3/c1-13-12(16)15(2)9-3-5-10(6-4-9)18-11-7-8-17-14-11/h3-8H,1-2H3,(H,13,16). The van der Waals surface area contributed by atoms with E-state index >= 15 is 0 Å². The molecule has 0 aliphatic rings. The molecule has 0 saturated carbocycles. The van der Waals surface area contributed by atoms with Gasteiger partial charge >= 0.3 is 6.03 Å². The third kappa shape index (κ3) is 2.60. The Labute approximate surface area is 104 Å². The van der Waals surface area contributed by atoms with Crippen LogP contribution < -0.4 is 15.0 Å². The molecule has 1 N–H and O–H groups in total. The Morgan fingerprint density at radius 2 is 2.06 bits per heavy atom. The van der Waals surface area contributed by atoms with E-state index in [1.165, 1.54) is 11.2 Å². The van der Waals surface area contributed by atoms with Crippen molar-refractivity contribution < 1.29 is 14.1 Å². The van der Waals surface area contributed by atoms with E-state index in [2.05, 4.69) is 15.0 Å². The molecule has 0 aliphatic heterocycles. The highest BCUT2D eigenvalue weighted by Crippen LogP contribution is 2.22. The molecule has 2 rings (SSSR count). The van der Waals surface area contributed by atoms with Crippen LogP contribution in [0.1, 0.15) is 0 Å². The number of hydrogen-bond acceptors (Lipinski definition) is 4. The van der Waals surface area contributed by atoms with Crippen molar-refractivity contribution in [1.82, 2.24) is 10.5 Å². The molecular weight excluding hydrogens is 234 g/mol. The number of nitrogens with one attached hydrogen (secondary N) is 1. The average molecular weight is 247 g/mol. The molecule has 18 heavy (non-hydrogen) atoms. The number of hydrogen-bond donors (Lipinski definition) is 1. The van der Waals surface area contributed by atoms with Crippen LogP contribution in [0.4, 0.5) is 10.5 Å². The lowest BCUT2D eigenvalue weighted by molar-refractivity contribution is 0.249. The van der Waals surface area contributed by atoms with E-state index in [0.717, 1.165) is 5.69 Å². The fraction of sp³-hybridized carbons (Fsp3) is 0.167. The van der Waals surface area contributed by atoms with Gasteiger partial charge < -0.3 is 14.6 Å². The molecule has 6 heteroatoms. The minimum Gasteiger partial charge on any atom is -0.436 e. The first kappa shape index (κ1) is 12.0. The summed E-state index contributed by atoms with van der Waals surface area (Å²) < 4.78 is 10.1. The first-order valence-electron chi connectivity index (χ1n) is 5.34. The number of ether oxygens (including phenoxy) is 1. The van der Waals surface area contributed by atoms with Crippen LogP contribution in [-0.4, -0.2) is 25.3 Å². The van der Waals surface area contributed by atoms with Crippen LogP contribution in [0.3, 0.4) is 0 Å². The molecule has 0 unspecified atom stereocenters. The highest BCUT2D eigenvalue weighted by atomic mass is 16.5. The summed E-state index contributed by atoms with van der Waals surface area (Å²) in [6.45, 7) is 0. The fourth-order valence-electron chi connectivity index (χ4n) is 1.40. The van der Waals surface area contributed by atoms with Crippen molar-refractivity contribution in [2.75, 3.05) is 19.0 Å². The minimum atomic E-state index is -0.180. The van der Waals surface area contributed by atoms with Gasteiger partial charge in [-0.25, -0.2) is 4.79 Å². The van der Waals surface area contributed by atoms with E-state index in [9.17, 15) is 4.79 Å². The van der Waals surface area contributed by atoms with E-state index in [-0.39, 0.29) is 6.03 Å². The van der Waals surface area contributed by atoms with Gasteiger partial charge in [0.1, 0.15) is 12.0 Å². The number of rotatable bonds is 3. The Morgan fingerprint density at radius 3 is 2.61 bits per heavy atom. The summed E-state index contributed by atoms with van der Waals surface area (Å²) in [5, 5.41) is 6.19. The second kappa shape index (κ2) is 5.22. The van der Waals surface area contributed by atoms with Gasteiger partial charge in [0.05, 0.1) is 0 Å². The monoisotopic (exact) mass is 247 g/mol. The molecular formula is C12H13N3O3. The van der Waals surface area contributed by atoms with Gasteiger partial charge in [-0.1, -0.05) is 0 Å². The van der Waals surface area contributed by atoms with Crippen molar-refractivity contribution in [1.29, 1.82) is 0 Å². The number of amides is 2. The zero-order chi connectivity index (χ0) is 13.0. The summed E-state index contributed by atoms with van der Waals surface area (Å²) in [5.74, 6) is 1.01. The van der Waals surface area contributed by atoms with Gasteiger partial charge in [-0.3, -0.25) is 4.90 Å². The summed E-state index contributed by atoms with van der Waals surface area (Å²) in [5.41, 5.74) is 0.766. The van der Waals surface area contributed by atoms with Crippen LogP contribution in [0.15, 0.2) is 41.1 Å². The topological polar surface area (TPSA) is 67.6 Å². The summed E-state index contributed by atoms with van der Waals surface area (Å²) in [6, 6.07) is 8.51. The Kier molecular flexibility index (Phi) is 3.47. The summed E-state index contributed by atoms with van der Waals surface area (Å²) in [6.07, 6.45) is 1.43. The SMILES string of the molecule is CNC(=O)N(C)c1ccc(Oc2ccon2)cc1. The number of anilines is 1. The highest BCUT2D eigenvalue weighted by molar-refractivity contribution is 5.91. The lowest BCUT2D eigenvalue weighted by Gasteiger charge is -2.16. The Hall–Kier alpha value is -2.50. The molecule has 2 amide bonds. The average Bonchev–Trinajstić information content (AvgIpc) is 2.91. The van der Waals surface area contributed by atoms with Crippen molar-refractivity contribution in [3.63, 3.8) is 0 Å². The number of carbonyl (C=O) groups excluding carboxylic acids is 1. The minimum absolute atomic E-state index is 0.180. The molecule has 0 spiro atoms. The van der Waals surface area contributed by atoms with E-state index < -0.39 is 0 Å². The predicted octanol–water partition coefficient (Wildman–Crippen LogP) is 2.24. The maximum atomic E-state index is 11.4. The maximum absolute atomic E-state index is 11.4. The van der Waals surface area contributed by atoms with Crippen LogP contribution in [0, 0.1) is 0 Å². The van der Waals surface area contributed by atoms with Gasteiger partial charge in [0.2, 0.25) is 0 Å². The van der Waals surface area contributed by atoms with Crippen LogP contribution in [0.5, 0.6) is 11.6 Å². The predicted molar refractivity (Wildman–Crippen MR) is 65.9 cm³/mol. The van der Waals surface area contributed by atoms with Gasteiger partial charge in [-0.2, -0.15) is 0 Å². The Morgan fingerprint density at radius 1 is 1.33 bits per heavy atom. The van der Waals surface area contributed by atoms with E-state index in [1.807, 2.05) is 0 Å². The normalized spacial score (nSPS) is 9.89. The first-order chi connectivity index (χ1) is 8.70. The zero-order valence-electron chi connectivity index (χ0n) is 10.1. The number of urea groups is 1. The molecule has 1 heterocycles. The molecule has 0 saturated heterocycles. The van der Waals surface area contributed by atoms with Crippen LogP contribution in [0.25, 0.3) is 0 Å². The molecule has 1 aromatic carbocycles. The number of carbonyl (C=O) groups is 1. The smallest absolute Gasteiger partial charge is 0.321 e. The van der Waals surface area contributed by atoms with Crippen molar-refractivity contribution >= 4 is 11.7 Å². The Bertz CT molecular complexity index is 508. The summed E-state index contributed by atoms with van der Waals surface area (Å²) in [7, 11) is 3.27. The molecule has 0 fully saturated rings. The molecule has 0 radical (unpaired) electrons. The van der Waals surface area contributed by atoms with Gasteiger partial charge in [0.25, 0.3) is 5.88 Å². The molecule has 0 aliphatic carbocycles. The lowest BCUT2D eigenvalue weighted by Crippen LogP contribution is -2.34. The molecule has 2 aromatic rings. The molecule has 1 aromatic heterocycles. The fourth-order valence-corrected chi connectivity index (χ4v) is 1.40. The molecule has 6 nitrogen and oxygen atoms in total. The zero-order valence-corrected chi connectivity index (χ0v) is 10.1. The van der Waals surface area contributed by atoms with E-state index in [1.54, 1.807) is 44.4 Å². The van der Waals surface area contributed by atoms with Crippen molar-refractivity contribution in [2.24, 2.45) is 0 Å². The van der Waals surface area contributed by atoms with Crippen molar-refractivity contribution in [3.8, 4) is 11.6 Å². The quantitative estimate of drug-likeness (QED) is 0.903. The first-order valence-corrected chi connectivity index (χ1v) is 5.34. The second-order valence-corrected chi connectivity index (χ2v) is 3.55. The number of aromatic nitrogens is 1. The lowest BCUT2D eigenvalue weighted by atomic mass is 10.3. The van der Waals surface area contributed by atoms with Gasteiger partial charge in [-0.05, 0) is 29.4 Å². The van der Waals surface area contributed by atoms with Crippen LogP contribution in [0.2, 0.25) is 0 Å². The molecule has 0 bridgehead atoms. The van der Waals surface area contributed by atoms with Crippen molar-refractivity contribution in [2.45, 2.75) is 0 Å². The highest BCUT2D eigenvalue weighted by Gasteiger charge is 2.08. The second-order valence-electron chi connectivity index (χ2n) is 3.55. The van der Waals surface area contributed by atoms with Crippen LogP contribution >= 0.6 is 0 Å². The molecule has 0 atom stereocenters. The molecule has 94 valence electrons. The largest absolute Gasteiger partial charge is 0.436 e. The Balaban J connectivity index is 2.08. The van der Waals surface area contributed by atoms with Gasteiger partial charge in [0, 0.05) is 25.8 Å². The van der Waals surface area contributed by atoms with Crippen LogP contribution in [-0.2, 0) is 0 Å². The number of nitrogens with zero attached hydrogens (tertiary/aromatic N) is 2. The van der Waals surface area contributed by atoms with Gasteiger partial charge in [0.15, 0.2) is 0 Å². The van der Waals surface area contributed by atoms with Crippen molar-refractivity contribution in [3.05, 3.63) is 36.6 Å². The van der Waals surface area contributed by atoms with Gasteiger partial charge in [-0.15, -0.1) is 0 Å². The van der Waals surface area contributed by atoms with E-state index in [4.69, 9.17) is 4.74 Å². The number of benzene rings is 1. The van der Waals surface area contributed by atoms with E-state index in [0.29, 0.717) is 11.6 Å². The third-order valence-corrected chi connectivity index (χ3v) is 2.38. The summed E-state index contributed by atoms with van der Waals surface area (Å²) in [4.78, 5) is 12.9. The third-order valence-electron chi connectivity index (χ3n) is 2.38.